The van der Waals surface area contributed by atoms with Crippen molar-refractivity contribution < 1.29 is 19.4 Å². The van der Waals surface area contributed by atoms with E-state index in [4.69, 9.17) is 26.2 Å². The van der Waals surface area contributed by atoms with Crippen molar-refractivity contribution in [2.45, 2.75) is 18.9 Å². The molecule has 1 atom stereocenters. The zero-order valence-corrected chi connectivity index (χ0v) is 12.6. The number of aromatic amines is 1. The second kappa shape index (κ2) is 6.69. The number of carbonyl (C=O) groups is 1. The van der Waals surface area contributed by atoms with Gasteiger partial charge in [0.15, 0.2) is 0 Å². The molecule has 1 unspecified atom stereocenters. The smallest absolute Gasteiger partial charge is 0.359 e. The Morgan fingerprint density at radius 1 is 1.52 bits per heavy atom. The number of hydrogen-bond donors (Lipinski definition) is 2. The van der Waals surface area contributed by atoms with Gasteiger partial charge in [-0.2, -0.15) is 0 Å². The molecule has 1 saturated heterocycles. The fourth-order valence-electron chi connectivity index (χ4n) is 2.05. The summed E-state index contributed by atoms with van der Waals surface area (Å²) in [4.78, 5) is 11.0. The number of H-pyrrole nitrogens is 1. The van der Waals surface area contributed by atoms with E-state index in [9.17, 15) is 4.79 Å². The van der Waals surface area contributed by atoms with E-state index in [1.165, 1.54) is 0 Å². The monoisotopic (exact) mass is 333 g/mol. The maximum absolute atomic E-state index is 11.0. The molecule has 0 saturated carbocycles. The lowest BCUT2D eigenvalue weighted by Gasteiger charge is -2.05. The third kappa shape index (κ3) is 3.62. The summed E-state index contributed by atoms with van der Waals surface area (Å²) in [6.07, 6.45) is 1.83. The molecule has 2 N–H and O–H groups in total. The van der Waals surface area contributed by atoms with Gasteiger partial charge in [0.2, 0.25) is 5.69 Å². The van der Waals surface area contributed by atoms with Gasteiger partial charge >= 0.3 is 5.97 Å². The van der Waals surface area contributed by atoms with Gasteiger partial charge in [-0.05, 0) is 31.0 Å². The summed E-state index contributed by atoms with van der Waals surface area (Å²) in [5.74, 6) is 5.00. The van der Waals surface area contributed by atoms with Crippen LogP contribution in [0.3, 0.4) is 0 Å². The number of rotatable bonds is 3. The third-order valence-electron chi connectivity index (χ3n) is 3.18. The zero-order chi connectivity index (χ0) is 16.2. The topological polar surface area (TPSA) is 97.3 Å². The average Bonchev–Trinajstić information content (AvgIpc) is 3.19. The van der Waals surface area contributed by atoms with Gasteiger partial charge < -0.3 is 14.6 Å². The van der Waals surface area contributed by atoms with Crippen molar-refractivity contribution in [1.82, 2.24) is 15.4 Å². The second-order valence-corrected chi connectivity index (χ2v) is 5.22. The normalized spacial score (nSPS) is 16.7. The van der Waals surface area contributed by atoms with Crippen LogP contribution in [0.1, 0.15) is 28.9 Å². The molecule has 7 nitrogen and oxygen atoms in total. The number of aromatic nitrogens is 3. The third-order valence-corrected chi connectivity index (χ3v) is 3.51. The molecule has 2 heterocycles. The number of nitrogens with zero attached hydrogens (tertiary/aromatic N) is 2. The Balaban J connectivity index is 1.82. The first kappa shape index (κ1) is 15.3. The highest BCUT2D eigenvalue weighted by atomic mass is 35.5. The van der Waals surface area contributed by atoms with Crippen molar-refractivity contribution in [1.29, 1.82) is 0 Å². The van der Waals surface area contributed by atoms with Crippen LogP contribution in [-0.4, -0.2) is 39.2 Å². The first-order chi connectivity index (χ1) is 11.1. The molecule has 1 fully saturated rings. The summed E-state index contributed by atoms with van der Waals surface area (Å²) in [6.45, 7) is 0.723. The van der Waals surface area contributed by atoms with E-state index < -0.39 is 5.97 Å². The molecule has 1 aromatic carbocycles. The Labute approximate surface area is 136 Å². The molecular weight excluding hydrogens is 322 g/mol. The Hall–Kier alpha value is -2.56. The van der Waals surface area contributed by atoms with E-state index in [0.717, 1.165) is 19.4 Å². The fourth-order valence-corrected chi connectivity index (χ4v) is 2.22. The van der Waals surface area contributed by atoms with Gasteiger partial charge in [-0.3, -0.25) is 0 Å². The molecule has 1 aliphatic rings. The molecule has 1 aromatic heterocycles. The quantitative estimate of drug-likeness (QED) is 0.837. The van der Waals surface area contributed by atoms with Gasteiger partial charge in [-0.25, -0.2) is 9.89 Å². The van der Waals surface area contributed by atoms with E-state index in [2.05, 4.69) is 27.3 Å². The number of carboxylic acid groups (broad SMARTS) is 1. The van der Waals surface area contributed by atoms with Crippen LogP contribution < -0.4 is 4.74 Å². The Kier molecular flexibility index (Phi) is 4.46. The van der Waals surface area contributed by atoms with E-state index in [1.54, 1.807) is 18.2 Å². The average molecular weight is 334 g/mol. The number of hydrogen-bond acceptors (Lipinski definition) is 5. The Morgan fingerprint density at radius 2 is 2.39 bits per heavy atom. The lowest BCUT2D eigenvalue weighted by molar-refractivity contribution is 0.0687. The van der Waals surface area contributed by atoms with Gasteiger partial charge in [0, 0.05) is 12.2 Å². The SMILES string of the molecule is O=C(O)c1[nH]nnc1Oc1ccc(Cl)c(C#CC2CCCO2)c1. The maximum Gasteiger partial charge on any atom is 0.359 e. The summed E-state index contributed by atoms with van der Waals surface area (Å²) in [7, 11) is 0. The minimum absolute atomic E-state index is 0.0789. The molecule has 3 rings (SSSR count). The number of benzene rings is 1. The van der Waals surface area contributed by atoms with Crippen LogP contribution >= 0.6 is 11.6 Å². The Morgan fingerprint density at radius 3 is 3.13 bits per heavy atom. The van der Waals surface area contributed by atoms with Gasteiger partial charge in [0.25, 0.3) is 5.88 Å². The maximum atomic E-state index is 11.0. The number of ether oxygens (including phenoxy) is 2. The predicted octanol–water partition coefficient (Wildman–Crippen LogP) is 2.48. The minimum atomic E-state index is -1.21. The molecular formula is C15H12ClN3O4. The highest BCUT2D eigenvalue weighted by Gasteiger charge is 2.17. The van der Waals surface area contributed by atoms with Crippen LogP contribution in [0, 0.1) is 11.8 Å². The highest BCUT2D eigenvalue weighted by Crippen LogP contribution is 2.26. The Bertz CT molecular complexity index is 788. The van der Waals surface area contributed by atoms with Crippen molar-refractivity contribution in [3.8, 4) is 23.5 Å². The van der Waals surface area contributed by atoms with Crippen molar-refractivity contribution in [2.24, 2.45) is 0 Å². The van der Waals surface area contributed by atoms with Crippen LogP contribution in [0.5, 0.6) is 11.6 Å². The largest absolute Gasteiger partial charge is 0.476 e. The predicted molar refractivity (Wildman–Crippen MR) is 80.7 cm³/mol. The van der Waals surface area contributed by atoms with Crippen LogP contribution in [0.25, 0.3) is 0 Å². The van der Waals surface area contributed by atoms with Gasteiger partial charge in [-0.1, -0.05) is 33.8 Å². The summed E-state index contributed by atoms with van der Waals surface area (Å²) in [6, 6.07) is 4.83. The van der Waals surface area contributed by atoms with E-state index in [1.807, 2.05) is 0 Å². The van der Waals surface area contributed by atoms with Gasteiger partial charge in [0.05, 0.1) is 5.02 Å². The van der Waals surface area contributed by atoms with E-state index in [-0.39, 0.29) is 17.7 Å². The van der Waals surface area contributed by atoms with Crippen LogP contribution in [0.15, 0.2) is 18.2 Å². The van der Waals surface area contributed by atoms with Crippen molar-refractivity contribution in [3.63, 3.8) is 0 Å². The summed E-state index contributed by atoms with van der Waals surface area (Å²) < 4.78 is 10.9. The molecule has 0 bridgehead atoms. The zero-order valence-electron chi connectivity index (χ0n) is 11.9. The summed E-state index contributed by atoms with van der Waals surface area (Å²) >= 11 is 6.12. The molecule has 23 heavy (non-hydrogen) atoms. The minimum Gasteiger partial charge on any atom is -0.476 e. The number of nitrogens with one attached hydrogen (secondary N) is 1. The fraction of sp³-hybridized carbons (Fsp3) is 0.267. The summed E-state index contributed by atoms with van der Waals surface area (Å²) in [5.41, 5.74) is 0.340. The molecule has 0 radical (unpaired) electrons. The van der Waals surface area contributed by atoms with Gasteiger partial charge in [-0.15, -0.1) is 0 Å². The van der Waals surface area contributed by atoms with Crippen LogP contribution in [-0.2, 0) is 4.74 Å². The van der Waals surface area contributed by atoms with Crippen molar-refractivity contribution in [2.75, 3.05) is 6.61 Å². The molecule has 0 aliphatic carbocycles. The van der Waals surface area contributed by atoms with Crippen molar-refractivity contribution in [3.05, 3.63) is 34.5 Å². The molecule has 8 heteroatoms. The lowest BCUT2D eigenvalue weighted by Crippen LogP contribution is -2.00. The molecule has 118 valence electrons. The molecule has 0 amide bonds. The molecule has 1 aliphatic heterocycles. The first-order valence-corrected chi connectivity index (χ1v) is 7.26. The second-order valence-electron chi connectivity index (χ2n) is 4.81. The standard InChI is InChI=1S/C15H12ClN3O4/c16-12-6-5-11(23-14-13(15(20)21)17-19-18-14)8-9(12)3-4-10-2-1-7-22-10/h5-6,8,10H,1-2,7H2,(H,20,21)(H,17,18,19). The van der Waals surface area contributed by atoms with Gasteiger partial charge in [0.1, 0.15) is 11.9 Å². The van der Waals surface area contributed by atoms with E-state index in [0.29, 0.717) is 16.3 Å². The number of carboxylic acids is 1. The molecule has 0 spiro atoms. The highest BCUT2D eigenvalue weighted by molar-refractivity contribution is 6.31. The van der Waals surface area contributed by atoms with E-state index >= 15 is 0 Å². The lowest BCUT2D eigenvalue weighted by atomic mass is 10.2. The van der Waals surface area contributed by atoms with Crippen molar-refractivity contribution >= 4 is 17.6 Å². The molecule has 2 aromatic rings. The first-order valence-electron chi connectivity index (χ1n) is 6.88. The summed E-state index contributed by atoms with van der Waals surface area (Å²) in [5, 5.41) is 18.7. The number of aromatic carboxylic acids is 1. The van der Waals surface area contributed by atoms with Crippen LogP contribution in [0.2, 0.25) is 5.02 Å². The number of halogens is 1. The van der Waals surface area contributed by atoms with Crippen LogP contribution in [0.4, 0.5) is 0 Å².